The van der Waals surface area contributed by atoms with Crippen LogP contribution in [0.2, 0.25) is 0 Å². The first-order chi connectivity index (χ1) is 10.3. The van der Waals surface area contributed by atoms with Crippen LogP contribution in [-0.4, -0.2) is 16.5 Å². The lowest BCUT2D eigenvalue weighted by Crippen LogP contribution is -2.14. The van der Waals surface area contributed by atoms with Crippen LogP contribution in [0.1, 0.15) is 19.2 Å². The van der Waals surface area contributed by atoms with Gasteiger partial charge in [-0.15, -0.1) is 0 Å². The summed E-state index contributed by atoms with van der Waals surface area (Å²) in [6.07, 6.45) is 1.13. The normalized spacial score (nSPS) is 11.1. The summed E-state index contributed by atoms with van der Waals surface area (Å²) >= 11 is 3.47. The van der Waals surface area contributed by atoms with Crippen LogP contribution in [0.5, 0.6) is 0 Å². The number of nitrogens with one attached hydrogen (secondary N) is 2. The Morgan fingerprint density at radius 1 is 1.10 bits per heavy atom. The summed E-state index contributed by atoms with van der Waals surface area (Å²) in [6, 6.07) is 14.7. The van der Waals surface area contributed by atoms with Crippen molar-refractivity contribution in [2.24, 2.45) is 0 Å². The average molecular weight is 344 g/mol. The molecule has 3 aromatic rings. The molecule has 0 fully saturated rings. The highest BCUT2D eigenvalue weighted by atomic mass is 79.9. The summed E-state index contributed by atoms with van der Waals surface area (Å²) in [5, 5.41) is 3.37. The highest BCUT2D eigenvalue weighted by molar-refractivity contribution is 9.10. The molecule has 0 aliphatic carbocycles. The Balaban J connectivity index is 1.87. The van der Waals surface area contributed by atoms with Crippen LogP contribution in [0.25, 0.3) is 22.2 Å². The van der Waals surface area contributed by atoms with Gasteiger partial charge in [0.1, 0.15) is 5.82 Å². The minimum absolute atomic E-state index is 0.788. The lowest BCUT2D eigenvalue weighted by Gasteiger charge is -2.01. The van der Waals surface area contributed by atoms with Crippen LogP contribution in [0.3, 0.4) is 0 Å². The van der Waals surface area contributed by atoms with Gasteiger partial charge in [0.15, 0.2) is 0 Å². The van der Waals surface area contributed by atoms with E-state index >= 15 is 0 Å². The van der Waals surface area contributed by atoms with Crippen LogP contribution in [0.4, 0.5) is 0 Å². The fraction of sp³-hybridized carbons (Fsp3) is 0.235. The Labute approximate surface area is 132 Å². The second-order valence-electron chi connectivity index (χ2n) is 5.10. The predicted molar refractivity (Wildman–Crippen MR) is 91.2 cm³/mol. The van der Waals surface area contributed by atoms with Gasteiger partial charge >= 0.3 is 0 Å². The molecule has 0 unspecified atom stereocenters. The zero-order valence-corrected chi connectivity index (χ0v) is 13.6. The summed E-state index contributed by atoms with van der Waals surface area (Å²) in [7, 11) is 0. The van der Waals surface area contributed by atoms with Gasteiger partial charge in [-0.1, -0.05) is 41.1 Å². The van der Waals surface area contributed by atoms with E-state index in [-0.39, 0.29) is 0 Å². The Hall–Kier alpha value is -1.65. The molecule has 0 radical (unpaired) electrons. The molecule has 0 bridgehead atoms. The first kappa shape index (κ1) is 14.3. The monoisotopic (exact) mass is 343 g/mol. The lowest BCUT2D eigenvalue weighted by molar-refractivity contribution is 0.656. The molecule has 3 nitrogen and oxygen atoms in total. The molecule has 2 aromatic carbocycles. The number of aromatic nitrogens is 2. The largest absolute Gasteiger partial charge is 0.341 e. The third-order valence-corrected chi connectivity index (χ3v) is 3.96. The van der Waals surface area contributed by atoms with Gasteiger partial charge in [0.05, 0.1) is 17.6 Å². The molecule has 2 N–H and O–H groups in total. The predicted octanol–water partition coefficient (Wildman–Crippen LogP) is 4.49. The highest BCUT2D eigenvalue weighted by Gasteiger charge is 2.05. The lowest BCUT2D eigenvalue weighted by atomic mass is 10.1. The van der Waals surface area contributed by atoms with Gasteiger partial charge in [0.25, 0.3) is 0 Å². The Morgan fingerprint density at radius 2 is 1.86 bits per heavy atom. The van der Waals surface area contributed by atoms with Crippen LogP contribution in [-0.2, 0) is 6.54 Å². The second-order valence-corrected chi connectivity index (χ2v) is 6.01. The molecule has 0 saturated carbocycles. The van der Waals surface area contributed by atoms with Crippen LogP contribution >= 0.6 is 15.9 Å². The van der Waals surface area contributed by atoms with Crippen molar-refractivity contribution in [3.8, 4) is 11.1 Å². The average Bonchev–Trinajstić information content (AvgIpc) is 2.90. The topological polar surface area (TPSA) is 40.7 Å². The minimum atomic E-state index is 0.788. The molecule has 4 heteroatoms. The first-order valence-electron chi connectivity index (χ1n) is 7.21. The van der Waals surface area contributed by atoms with Gasteiger partial charge < -0.3 is 10.3 Å². The molecule has 108 valence electrons. The van der Waals surface area contributed by atoms with Crippen molar-refractivity contribution in [1.29, 1.82) is 0 Å². The van der Waals surface area contributed by atoms with Crippen molar-refractivity contribution in [3.63, 3.8) is 0 Å². The second kappa shape index (κ2) is 6.41. The third-order valence-electron chi connectivity index (χ3n) is 3.43. The number of hydrogen-bond acceptors (Lipinski definition) is 2. The molecule has 0 saturated heterocycles. The number of rotatable bonds is 5. The molecule has 0 atom stereocenters. The number of hydrogen-bond donors (Lipinski definition) is 2. The number of nitrogens with zero attached hydrogens (tertiary/aromatic N) is 1. The zero-order chi connectivity index (χ0) is 14.7. The maximum Gasteiger partial charge on any atom is 0.121 e. The number of H-pyrrole nitrogens is 1. The van der Waals surface area contributed by atoms with Gasteiger partial charge in [0, 0.05) is 4.47 Å². The van der Waals surface area contributed by atoms with E-state index in [1.54, 1.807) is 0 Å². The van der Waals surface area contributed by atoms with Gasteiger partial charge in [0.2, 0.25) is 0 Å². The van der Waals surface area contributed by atoms with E-state index in [9.17, 15) is 0 Å². The highest BCUT2D eigenvalue weighted by Crippen LogP contribution is 2.24. The number of halogens is 1. The van der Waals surface area contributed by atoms with Gasteiger partial charge in [-0.3, -0.25) is 0 Å². The van der Waals surface area contributed by atoms with E-state index in [0.717, 1.165) is 40.8 Å². The van der Waals surface area contributed by atoms with E-state index < -0.39 is 0 Å². The fourth-order valence-corrected chi connectivity index (χ4v) is 2.62. The van der Waals surface area contributed by atoms with E-state index in [1.165, 1.54) is 11.1 Å². The number of aromatic amines is 1. The smallest absolute Gasteiger partial charge is 0.121 e. The van der Waals surface area contributed by atoms with E-state index in [1.807, 2.05) is 0 Å². The fourth-order valence-electron chi connectivity index (χ4n) is 2.35. The van der Waals surface area contributed by atoms with Crippen molar-refractivity contribution in [3.05, 3.63) is 52.8 Å². The van der Waals surface area contributed by atoms with Crippen LogP contribution < -0.4 is 5.32 Å². The molecular weight excluding hydrogens is 326 g/mol. The maximum absolute atomic E-state index is 4.61. The molecule has 1 heterocycles. The Kier molecular flexibility index (Phi) is 4.36. The van der Waals surface area contributed by atoms with Crippen LogP contribution in [0, 0.1) is 0 Å². The maximum atomic E-state index is 4.61. The van der Waals surface area contributed by atoms with Gasteiger partial charge in [-0.05, 0) is 48.4 Å². The van der Waals surface area contributed by atoms with Crippen LogP contribution in [0.15, 0.2) is 46.9 Å². The number of benzene rings is 2. The SMILES string of the molecule is CCCNCc1nc2ccc(-c3ccc(Br)cc3)cc2[nH]1. The molecule has 1 aromatic heterocycles. The summed E-state index contributed by atoms with van der Waals surface area (Å²) < 4.78 is 1.10. The van der Waals surface area contributed by atoms with E-state index in [0.29, 0.717) is 0 Å². The molecule has 0 amide bonds. The molecular formula is C17H18BrN3. The Bertz CT molecular complexity index is 731. The first-order valence-corrected chi connectivity index (χ1v) is 8.01. The van der Waals surface area contributed by atoms with Crippen molar-refractivity contribution in [1.82, 2.24) is 15.3 Å². The number of imidazole rings is 1. The molecule has 3 rings (SSSR count). The third kappa shape index (κ3) is 3.34. The quantitative estimate of drug-likeness (QED) is 0.670. The number of fused-ring (bicyclic) bond motifs is 1. The summed E-state index contributed by atoms with van der Waals surface area (Å²) in [4.78, 5) is 8.00. The standard InChI is InChI=1S/C17H18BrN3/c1-2-9-19-11-17-20-15-8-5-13(10-16(15)21-17)12-3-6-14(18)7-4-12/h3-8,10,19H,2,9,11H2,1H3,(H,20,21). The van der Waals surface area contributed by atoms with Crippen molar-refractivity contribution >= 4 is 27.0 Å². The van der Waals surface area contributed by atoms with E-state index in [2.05, 4.69) is 80.6 Å². The molecule has 0 spiro atoms. The molecule has 21 heavy (non-hydrogen) atoms. The Morgan fingerprint density at radius 3 is 2.62 bits per heavy atom. The zero-order valence-electron chi connectivity index (χ0n) is 12.0. The van der Waals surface area contributed by atoms with Crippen molar-refractivity contribution < 1.29 is 0 Å². The van der Waals surface area contributed by atoms with Gasteiger partial charge in [-0.2, -0.15) is 0 Å². The molecule has 0 aliphatic rings. The minimum Gasteiger partial charge on any atom is -0.341 e. The molecule has 0 aliphatic heterocycles. The van der Waals surface area contributed by atoms with Crippen molar-refractivity contribution in [2.45, 2.75) is 19.9 Å². The van der Waals surface area contributed by atoms with Crippen molar-refractivity contribution in [2.75, 3.05) is 6.54 Å². The van der Waals surface area contributed by atoms with Gasteiger partial charge in [-0.25, -0.2) is 4.98 Å². The summed E-state index contributed by atoms with van der Waals surface area (Å²) in [5.41, 5.74) is 4.51. The summed E-state index contributed by atoms with van der Waals surface area (Å²) in [6.45, 7) is 3.97. The summed E-state index contributed by atoms with van der Waals surface area (Å²) in [5.74, 6) is 0.992. The van der Waals surface area contributed by atoms with E-state index in [4.69, 9.17) is 0 Å².